The third kappa shape index (κ3) is 2.85. The van der Waals surface area contributed by atoms with Crippen LogP contribution in [-0.4, -0.2) is 14.2 Å². The molecule has 0 radical (unpaired) electrons. The van der Waals surface area contributed by atoms with Gasteiger partial charge in [0.15, 0.2) is 11.5 Å². The van der Waals surface area contributed by atoms with E-state index in [9.17, 15) is 0 Å². The van der Waals surface area contributed by atoms with Gasteiger partial charge in [-0.25, -0.2) is 0 Å². The van der Waals surface area contributed by atoms with Crippen LogP contribution in [0.5, 0.6) is 11.5 Å². The standard InChI is InChI=1S/C9H10Br3NO2.ClH/c1-14-8-6(11)4(3-13)5(10)7(12)9(8)15-2;/h3,13H2,1-2H3;1H. The Bertz CT molecular complexity index is 388. The first-order valence-electron chi connectivity index (χ1n) is 4.05. The molecular weight excluding hydrogens is 429 g/mol. The van der Waals surface area contributed by atoms with Crippen LogP contribution in [0.2, 0.25) is 0 Å². The second kappa shape index (κ2) is 7.06. The van der Waals surface area contributed by atoms with Crippen LogP contribution in [-0.2, 0) is 6.54 Å². The molecule has 0 aliphatic rings. The zero-order valence-electron chi connectivity index (χ0n) is 8.64. The summed E-state index contributed by atoms with van der Waals surface area (Å²) in [5.74, 6) is 1.27. The lowest BCUT2D eigenvalue weighted by Crippen LogP contribution is -2.03. The lowest BCUT2D eigenvalue weighted by Gasteiger charge is -2.16. The van der Waals surface area contributed by atoms with E-state index in [0.29, 0.717) is 18.0 Å². The molecule has 16 heavy (non-hydrogen) atoms. The number of halogens is 4. The van der Waals surface area contributed by atoms with Gasteiger partial charge in [0, 0.05) is 11.0 Å². The maximum absolute atomic E-state index is 5.66. The highest BCUT2D eigenvalue weighted by Gasteiger charge is 2.20. The molecule has 0 aromatic heterocycles. The molecule has 92 valence electrons. The van der Waals surface area contributed by atoms with Crippen molar-refractivity contribution in [1.29, 1.82) is 0 Å². The Kier molecular flexibility index (Phi) is 7.28. The average Bonchev–Trinajstić information content (AvgIpc) is 2.23. The van der Waals surface area contributed by atoms with E-state index in [1.807, 2.05) is 0 Å². The highest BCUT2D eigenvalue weighted by molar-refractivity contribution is 9.13. The van der Waals surface area contributed by atoms with E-state index in [4.69, 9.17) is 15.2 Å². The van der Waals surface area contributed by atoms with Crippen molar-refractivity contribution >= 4 is 60.2 Å². The number of methoxy groups -OCH3 is 2. The second-order valence-corrected chi connectivity index (χ2v) is 5.07. The predicted molar refractivity (Wildman–Crippen MR) is 77.8 cm³/mol. The minimum absolute atomic E-state index is 0. The fourth-order valence-electron chi connectivity index (χ4n) is 1.21. The van der Waals surface area contributed by atoms with Crippen LogP contribution in [0.1, 0.15) is 5.56 Å². The van der Waals surface area contributed by atoms with Crippen LogP contribution < -0.4 is 15.2 Å². The number of hydrogen-bond donors (Lipinski definition) is 1. The number of benzene rings is 1. The van der Waals surface area contributed by atoms with Crippen LogP contribution in [0.25, 0.3) is 0 Å². The highest BCUT2D eigenvalue weighted by Crippen LogP contribution is 2.47. The van der Waals surface area contributed by atoms with Gasteiger partial charge in [0.05, 0.1) is 23.2 Å². The maximum Gasteiger partial charge on any atom is 0.177 e. The molecule has 0 heterocycles. The van der Waals surface area contributed by atoms with Gasteiger partial charge in [-0.05, 0) is 53.4 Å². The Labute approximate surface area is 126 Å². The Morgan fingerprint density at radius 2 is 1.38 bits per heavy atom. The maximum atomic E-state index is 5.66. The molecule has 2 N–H and O–H groups in total. The van der Waals surface area contributed by atoms with Gasteiger partial charge in [0.25, 0.3) is 0 Å². The summed E-state index contributed by atoms with van der Waals surface area (Å²) in [7, 11) is 3.17. The molecule has 0 saturated heterocycles. The van der Waals surface area contributed by atoms with Crippen LogP contribution in [0.4, 0.5) is 0 Å². The summed E-state index contributed by atoms with van der Waals surface area (Å²) < 4.78 is 13.0. The van der Waals surface area contributed by atoms with Gasteiger partial charge in [0.1, 0.15) is 0 Å². The van der Waals surface area contributed by atoms with Crippen molar-refractivity contribution in [1.82, 2.24) is 0 Å². The predicted octanol–water partition coefficient (Wildman–Crippen LogP) is 3.87. The lowest BCUT2D eigenvalue weighted by molar-refractivity contribution is 0.350. The third-order valence-corrected chi connectivity index (χ3v) is 4.94. The molecule has 0 fully saturated rings. The summed E-state index contributed by atoms with van der Waals surface area (Å²) in [5.41, 5.74) is 6.59. The van der Waals surface area contributed by atoms with E-state index in [2.05, 4.69) is 47.8 Å². The molecule has 1 aromatic rings. The molecule has 1 rings (SSSR count). The quantitative estimate of drug-likeness (QED) is 0.726. The molecule has 0 spiro atoms. The Hall–Kier alpha value is 0.510. The van der Waals surface area contributed by atoms with Crippen molar-refractivity contribution in [2.75, 3.05) is 14.2 Å². The minimum Gasteiger partial charge on any atom is -0.492 e. The monoisotopic (exact) mass is 437 g/mol. The Morgan fingerprint density at radius 1 is 0.938 bits per heavy atom. The molecule has 0 bridgehead atoms. The zero-order chi connectivity index (χ0) is 11.6. The Morgan fingerprint density at radius 3 is 1.75 bits per heavy atom. The first-order valence-corrected chi connectivity index (χ1v) is 6.43. The van der Waals surface area contributed by atoms with Gasteiger partial charge >= 0.3 is 0 Å². The van der Waals surface area contributed by atoms with E-state index in [-0.39, 0.29) is 12.4 Å². The molecule has 0 amide bonds. The summed E-state index contributed by atoms with van der Waals surface area (Å²) in [6, 6.07) is 0. The molecule has 3 nitrogen and oxygen atoms in total. The van der Waals surface area contributed by atoms with Crippen LogP contribution in [0.15, 0.2) is 13.4 Å². The molecule has 7 heteroatoms. The fraction of sp³-hybridized carbons (Fsp3) is 0.333. The summed E-state index contributed by atoms with van der Waals surface area (Å²) in [6.07, 6.45) is 0. The lowest BCUT2D eigenvalue weighted by atomic mass is 10.2. The van der Waals surface area contributed by atoms with E-state index >= 15 is 0 Å². The smallest absolute Gasteiger partial charge is 0.177 e. The molecule has 0 atom stereocenters. The summed E-state index contributed by atoms with van der Waals surface area (Å²) in [5, 5.41) is 0. The highest BCUT2D eigenvalue weighted by atomic mass is 79.9. The summed E-state index contributed by atoms with van der Waals surface area (Å²) in [4.78, 5) is 0. The van der Waals surface area contributed by atoms with E-state index in [0.717, 1.165) is 19.0 Å². The number of nitrogens with two attached hydrogens (primary N) is 1. The van der Waals surface area contributed by atoms with Crippen molar-refractivity contribution < 1.29 is 9.47 Å². The third-order valence-electron chi connectivity index (χ3n) is 1.94. The SMILES string of the molecule is COc1c(Br)c(Br)c(CN)c(Br)c1OC.Cl. The van der Waals surface area contributed by atoms with Gasteiger partial charge in [-0.15, -0.1) is 12.4 Å². The van der Waals surface area contributed by atoms with Crippen molar-refractivity contribution in [2.45, 2.75) is 6.54 Å². The topological polar surface area (TPSA) is 44.5 Å². The summed E-state index contributed by atoms with van der Waals surface area (Å²) in [6.45, 7) is 0.403. The second-order valence-electron chi connectivity index (χ2n) is 2.69. The largest absolute Gasteiger partial charge is 0.492 e. The molecule has 0 saturated carbocycles. The normalized spacial score (nSPS) is 9.62. The van der Waals surface area contributed by atoms with Crippen molar-refractivity contribution in [3.05, 3.63) is 19.0 Å². The van der Waals surface area contributed by atoms with E-state index in [1.165, 1.54) is 0 Å². The Balaban J connectivity index is 0.00000225. The molecular formula is C9H11Br3ClNO2. The number of ether oxygens (including phenoxy) is 2. The van der Waals surface area contributed by atoms with Crippen molar-refractivity contribution in [3.8, 4) is 11.5 Å². The fourth-order valence-corrected chi connectivity index (χ4v) is 3.30. The van der Waals surface area contributed by atoms with Crippen molar-refractivity contribution in [2.24, 2.45) is 5.73 Å². The first kappa shape index (κ1) is 16.5. The summed E-state index contributed by atoms with van der Waals surface area (Å²) >= 11 is 10.3. The van der Waals surface area contributed by atoms with Crippen LogP contribution >= 0.6 is 60.2 Å². The molecule has 0 aliphatic heterocycles. The first-order chi connectivity index (χ1) is 7.08. The van der Waals surface area contributed by atoms with E-state index in [1.54, 1.807) is 14.2 Å². The average molecular weight is 440 g/mol. The molecule has 0 unspecified atom stereocenters. The molecule has 1 aromatic carbocycles. The van der Waals surface area contributed by atoms with Crippen LogP contribution in [0.3, 0.4) is 0 Å². The van der Waals surface area contributed by atoms with Gasteiger partial charge < -0.3 is 15.2 Å². The van der Waals surface area contributed by atoms with Crippen molar-refractivity contribution in [3.63, 3.8) is 0 Å². The van der Waals surface area contributed by atoms with Gasteiger partial charge in [-0.2, -0.15) is 0 Å². The molecule has 0 aliphatic carbocycles. The minimum atomic E-state index is 0. The van der Waals surface area contributed by atoms with Gasteiger partial charge in [0.2, 0.25) is 0 Å². The number of hydrogen-bond acceptors (Lipinski definition) is 3. The van der Waals surface area contributed by atoms with Gasteiger partial charge in [-0.3, -0.25) is 0 Å². The van der Waals surface area contributed by atoms with Crippen LogP contribution in [0, 0.1) is 0 Å². The zero-order valence-corrected chi connectivity index (χ0v) is 14.2. The van der Waals surface area contributed by atoms with Gasteiger partial charge in [-0.1, -0.05) is 0 Å². The van der Waals surface area contributed by atoms with E-state index < -0.39 is 0 Å². The number of rotatable bonds is 3.